The number of hydrogen-bond acceptors (Lipinski definition) is 1. The number of carbonyl (C=O) groups is 1. The van der Waals surface area contributed by atoms with Crippen LogP contribution in [0.15, 0.2) is 16.6 Å². The largest absolute Gasteiger partial charge is 0.323 e. The van der Waals surface area contributed by atoms with Crippen LogP contribution in [-0.2, 0) is 10.2 Å². The SMILES string of the molecule is CC1(C)CC(=O)Nc2c(F)cc(Br)cc21. The third kappa shape index (κ3) is 1.78. The van der Waals surface area contributed by atoms with Gasteiger partial charge in [-0.1, -0.05) is 29.8 Å². The minimum Gasteiger partial charge on any atom is -0.323 e. The van der Waals surface area contributed by atoms with E-state index in [1.807, 2.05) is 19.9 Å². The highest BCUT2D eigenvalue weighted by molar-refractivity contribution is 9.10. The molecule has 1 aliphatic heterocycles. The summed E-state index contributed by atoms with van der Waals surface area (Å²) in [6, 6.07) is 3.22. The van der Waals surface area contributed by atoms with E-state index in [2.05, 4.69) is 21.2 Å². The molecule has 1 aromatic carbocycles. The number of anilines is 1. The molecule has 0 saturated carbocycles. The lowest BCUT2D eigenvalue weighted by molar-refractivity contribution is -0.117. The van der Waals surface area contributed by atoms with Crippen LogP contribution in [0.25, 0.3) is 0 Å². The van der Waals surface area contributed by atoms with E-state index in [0.29, 0.717) is 16.6 Å². The number of carbonyl (C=O) groups excluding carboxylic acids is 1. The predicted molar refractivity (Wildman–Crippen MR) is 60.4 cm³/mol. The lowest BCUT2D eigenvalue weighted by Crippen LogP contribution is -2.33. The Hall–Kier alpha value is -0.900. The van der Waals surface area contributed by atoms with Crippen molar-refractivity contribution in [1.29, 1.82) is 0 Å². The first-order valence-electron chi connectivity index (χ1n) is 4.69. The van der Waals surface area contributed by atoms with E-state index in [9.17, 15) is 9.18 Å². The second-order valence-corrected chi connectivity index (χ2v) is 5.33. The fraction of sp³-hybridized carbons (Fsp3) is 0.364. The predicted octanol–water partition coefficient (Wildman–Crippen LogP) is 3.21. The lowest BCUT2D eigenvalue weighted by atomic mass is 9.78. The monoisotopic (exact) mass is 271 g/mol. The smallest absolute Gasteiger partial charge is 0.225 e. The molecule has 15 heavy (non-hydrogen) atoms. The molecule has 0 spiro atoms. The van der Waals surface area contributed by atoms with Crippen molar-refractivity contribution in [2.45, 2.75) is 25.7 Å². The molecule has 1 heterocycles. The number of benzene rings is 1. The summed E-state index contributed by atoms with van der Waals surface area (Å²) in [7, 11) is 0. The van der Waals surface area contributed by atoms with Crippen LogP contribution in [0.5, 0.6) is 0 Å². The maximum Gasteiger partial charge on any atom is 0.225 e. The van der Waals surface area contributed by atoms with Gasteiger partial charge in [0, 0.05) is 16.3 Å². The average molecular weight is 272 g/mol. The Kier molecular flexibility index (Phi) is 2.34. The summed E-state index contributed by atoms with van der Waals surface area (Å²) in [5.74, 6) is -0.519. The average Bonchev–Trinajstić information content (AvgIpc) is 2.06. The molecule has 0 fully saturated rings. The van der Waals surface area contributed by atoms with Gasteiger partial charge in [-0.3, -0.25) is 4.79 Å². The molecule has 2 rings (SSSR count). The number of nitrogens with one attached hydrogen (secondary N) is 1. The summed E-state index contributed by atoms with van der Waals surface area (Å²) in [4.78, 5) is 11.4. The van der Waals surface area contributed by atoms with E-state index >= 15 is 0 Å². The van der Waals surface area contributed by atoms with Crippen molar-refractivity contribution in [3.8, 4) is 0 Å². The van der Waals surface area contributed by atoms with Gasteiger partial charge in [0.05, 0.1) is 5.69 Å². The number of amides is 1. The molecule has 0 aliphatic carbocycles. The minimum atomic E-state index is -0.388. The van der Waals surface area contributed by atoms with E-state index < -0.39 is 0 Å². The molecular weight excluding hydrogens is 261 g/mol. The number of rotatable bonds is 0. The van der Waals surface area contributed by atoms with Crippen LogP contribution in [-0.4, -0.2) is 5.91 Å². The zero-order valence-corrected chi connectivity index (χ0v) is 10.1. The van der Waals surface area contributed by atoms with Crippen molar-refractivity contribution < 1.29 is 9.18 Å². The molecule has 1 aromatic rings. The first-order valence-corrected chi connectivity index (χ1v) is 5.49. The first-order chi connectivity index (χ1) is 6.90. The molecular formula is C11H11BrFNO. The molecule has 1 amide bonds. The summed E-state index contributed by atoms with van der Waals surface area (Å²) in [6.07, 6.45) is 0.385. The van der Waals surface area contributed by atoms with E-state index in [1.165, 1.54) is 6.07 Å². The number of fused-ring (bicyclic) bond motifs is 1. The zero-order chi connectivity index (χ0) is 11.2. The lowest BCUT2D eigenvalue weighted by Gasteiger charge is -2.32. The van der Waals surface area contributed by atoms with E-state index in [0.717, 1.165) is 5.56 Å². The Morgan fingerprint density at radius 2 is 2.13 bits per heavy atom. The van der Waals surface area contributed by atoms with Gasteiger partial charge in [-0.05, 0) is 17.7 Å². The van der Waals surface area contributed by atoms with Crippen molar-refractivity contribution in [1.82, 2.24) is 0 Å². The molecule has 1 aliphatic rings. The van der Waals surface area contributed by atoms with Gasteiger partial charge >= 0.3 is 0 Å². The highest BCUT2D eigenvalue weighted by atomic mass is 79.9. The van der Waals surface area contributed by atoms with E-state index in [1.54, 1.807) is 0 Å². The van der Waals surface area contributed by atoms with Gasteiger partial charge in [0.25, 0.3) is 0 Å². The highest BCUT2D eigenvalue weighted by Gasteiger charge is 2.33. The Labute approximate surface area is 96.0 Å². The maximum absolute atomic E-state index is 13.6. The molecule has 0 saturated heterocycles. The Morgan fingerprint density at radius 1 is 1.47 bits per heavy atom. The molecule has 0 bridgehead atoms. The van der Waals surface area contributed by atoms with Crippen LogP contribution >= 0.6 is 15.9 Å². The summed E-state index contributed by atoms with van der Waals surface area (Å²) in [5.41, 5.74) is 0.843. The highest BCUT2D eigenvalue weighted by Crippen LogP contribution is 2.39. The van der Waals surface area contributed by atoms with Crippen molar-refractivity contribution in [3.63, 3.8) is 0 Å². The number of halogens is 2. The summed E-state index contributed by atoms with van der Waals surface area (Å²) in [5, 5.41) is 2.58. The molecule has 0 atom stereocenters. The second kappa shape index (κ2) is 3.30. The Morgan fingerprint density at radius 3 is 2.80 bits per heavy atom. The van der Waals surface area contributed by atoms with Crippen LogP contribution in [0.1, 0.15) is 25.8 Å². The maximum atomic E-state index is 13.6. The van der Waals surface area contributed by atoms with E-state index in [-0.39, 0.29) is 17.1 Å². The van der Waals surface area contributed by atoms with Crippen molar-refractivity contribution in [2.24, 2.45) is 0 Å². The van der Waals surface area contributed by atoms with Crippen LogP contribution in [0.4, 0.5) is 10.1 Å². The van der Waals surface area contributed by atoms with Crippen molar-refractivity contribution in [2.75, 3.05) is 5.32 Å². The van der Waals surface area contributed by atoms with Gasteiger partial charge < -0.3 is 5.32 Å². The summed E-state index contributed by atoms with van der Waals surface area (Å²) >= 11 is 3.26. The molecule has 4 heteroatoms. The van der Waals surface area contributed by atoms with Crippen LogP contribution in [0.2, 0.25) is 0 Å². The molecule has 1 N–H and O–H groups in total. The van der Waals surface area contributed by atoms with Crippen molar-refractivity contribution >= 4 is 27.5 Å². The quantitative estimate of drug-likeness (QED) is 0.772. The standard InChI is InChI=1S/C11H11BrFNO/c1-11(2)5-9(15)14-10-7(11)3-6(12)4-8(10)13/h3-4H,5H2,1-2H3,(H,14,15). The summed E-state index contributed by atoms with van der Waals surface area (Å²) < 4.78 is 14.3. The minimum absolute atomic E-state index is 0.131. The van der Waals surface area contributed by atoms with Crippen LogP contribution < -0.4 is 5.32 Å². The van der Waals surface area contributed by atoms with Gasteiger partial charge in [0.1, 0.15) is 5.82 Å². The first kappa shape index (κ1) is 10.6. The summed E-state index contributed by atoms with van der Waals surface area (Å²) in [6.45, 7) is 3.88. The zero-order valence-electron chi connectivity index (χ0n) is 8.53. The van der Waals surface area contributed by atoms with Gasteiger partial charge in [-0.25, -0.2) is 4.39 Å². The molecule has 80 valence electrons. The van der Waals surface area contributed by atoms with Gasteiger partial charge in [0.2, 0.25) is 5.91 Å². The molecule has 0 unspecified atom stereocenters. The third-order valence-corrected chi connectivity index (χ3v) is 3.11. The fourth-order valence-electron chi connectivity index (χ4n) is 1.91. The van der Waals surface area contributed by atoms with Gasteiger partial charge in [0.15, 0.2) is 0 Å². The van der Waals surface area contributed by atoms with Crippen LogP contribution in [0.3, 0.4) is 0 Å². The number of hydrogen-bond donors (Lipinski definition) is 1. The van der Waals surface area contributed by atoms with Crippen molar-refractivity contribution in [3.05, 3.63) is 28.0 Å². The molecule has 0 aromatic heterocycles. The third-order valence-electron chi connectivity index (χ3n) is 2.65. The van der Waals surface area contributed by atoms with Gasteiger partial charge in [-0.2, -0.15) is 0 Å². The Balaban J connectivity index is 2.67. The van der Waals surface area contributed by atoms with Crippen LogP contribution in [0, 0.1) is 5.82 Å². The fourth-order valence-corrected chi connectivity index (χ4v) is 2.34. The molecule has 0 radical (unpaired) electrons. The normalized spacial score (nSPS) is 18.3. The molecule has 2 nitrogen and oxygen atoms in total. The van der Waals surface area contributed by atoms with Gasteiger partial charge in [-0.15, -0.1) is 0 Å². The second-order valence-electron chi connectivity index (χ2n) is 4.42. The van der Waals surface area contributed by atoms with E-state index in [4.69, 9.17) is 0 Å². The topological polar surface area (TPSA) is 29.1 Å². The Bertz CT molecular complexity index is 442.